The summed E-state index contributed by atoms with van der Waals surface area (Å²) in [6, 6.07) is 8.38. The summed E-state index contributed by atoms with van der Waals surface area (Å²) in [6.45, 7) is 3.24. The minimum Gasteiger partial charge on any atom is -0.393 e. The van der Waals surface area contributed by atoms with Crippen molar-refractivity contribution in [1.29, 1.82) is 0 Å². The number of likely N-dealkylation sites (tertiary alicyclic amines) is 1. The van der Waals surface area contributed by atoms with E-state index in [0.717, 1.165) is 18.4 Å². The van der Waals surface area contributed by atoms with E-state index in [-0.39, 0.29) is 36.8 Å². The van der Waals surface area contributed by atoms with E-state index < -0.39 is 0 Å². The first kappa shape index (κ1) is 17.9. The van der Waals surface area contributed by atoms with Gasteiger partial charge in [-0.3, -0.25) is 9.59 Å². The highest BCUT2D eigenvalue weighted by molar-refractivity contribution is 5.84. The van der Waals surface area contributed by atoms with Gasteiger partial charge in [-0.1, -0.05) is 29.8 Å². The van der Waals surface area contributed by atoms with E-state index in [1.54, 1.807) is 4.90 Å². The molecule has 2 amide bonds. The van der Waals surface area contributed by atoms with Gasteiger partial charge in [-0.25, -0.2) is 0 Å². The molecule has 0 aromatic heterocycles. The van der Waals surface area contributed by atoms with Gasteiger partial charge in [0, 0.05) is 25.9 Å². The molecule has 0 radical (unpaired) electrons. The predicted molar refractivity (Wildman–Crippen MR) is 95.8 cm³/mol. The maximum atomic E-state index is 12.3. The molecule has 1 aromatic carbocycles. The van der Waals surface area contributed by atoms with Gasteiger partial charge in [0.25, 0.3) is 0 Å². The second-order valence-corrected chi connectivity index (χ2v) is 7.41. The number of hydrogen-bond acceptors (Lipinski definition) is 3. The number of aliphatic hydroxyl groups excluding tert-OH is 1. The topological polar surface area (TPSA) is 69.6 Å². The van der Waals surface area contributed by atoms with Crippen molar-refractivity contribution in [2.75, 3.05) is 13.1 Å². The smallest absolute Gasteiger partial charge is 0.223 e. The second kappa shape index (κ2) is 8.00. The molecule has 0 bridgehead atoms. The van der Waals surface area contributed by atoms with Gasteiger partial charge in [-0.05, 0) is 44.1 Å². The highest BCUT2D eigenvalue weighted by Crippen LogP contribution is 2.41. The maximum absolute atomic E-state index is 12.3. The van der Waals surface area contributed by atoms with Crippen molar-refractivity contribution in [1.82, 2.24) is 10.2 Å². The fourth-order valence-electron chi connectivity index (χ4n) is 3.42. The summed E-state index contributed by atoms with van der Waals surface area (Å²) in [5.74, 6) is 0.481. The van der Waals surface area contributed by atoms with E-state index in [0.29, 0.717) is 31.8 Å². The van der Waals surface area contributed by atoms with E-state index in [1.165, 1.54) is 5.56 Å². The van der Waals surface area contributed by atoms with Crippen LogP contribution in [0.4, 0.5) is 0 Å². The Bertz CT molecular complexity index is 602. The lowest BCUT2D eigenvalue weighted by Gasteiger charge is -2.29. The van der Waals surface area contributed by atoms with Gasteiger partial charge >= 0.3 is 0 Å². The number of carbonyl (C=O) groups excluding carboxylic acids is 2. The third-order valence-electron chi connectivity index (χ3n) is 5.23. The Morgan fingerprint density at radius 1 is 1.12 bits per heavy atom. The number of nitrogens with zero attached hydrogens (tertiary/aromatic N) is 1. The molecule has 25 heavy (non-hydrogen) atoms. The normalized spacial score (nSPS) is 19.5. The SMILES string of the molecule is Cc1ccc(C(NC(=O)CCC(=O)N2CCC(O)CC2)C2CC2)cc1. The van der Waals surface area contributed by atoms with Crippen LogP contribution in [0.25, 0.3) is 0 Å². The van der Waals surface area contributed by atoms with Crippen LogP contribution in [-0.2, 0) is 9.59 Å². The summed E-state index contributed by atoms with van der Waals surface area (Å²) in [7, 11) is 0. The van der Waals surface area contributed by atoms with Crippen molar-refractivity contribution >= 4 is 11.8 Å². The molecule has 2 aliphatic rings. The first-order valence-corrected chi connectivity index (χ1v) is 9.34. The molecule has 0 spiro atoms. The van der Waals surface area contributed by atoms with Crippen molar-refractivity contribution in [2.24, 2.45) is 5.92 Å². The number of nitrogens with one attached hydrogen (secondary N) is 1. The van der Waals surface area contributed by atoms with Gasteiger partial charge in [0.05, 0.1) is 12.1 Å². The Balaban J connectivity index is 1.49. The Labute approximate surface area is 149 Å². The Kier molecular flexibility index (Phi) is 5.74. The van der Waals surface area contributed by atoms with Crippen molar-refractivity contribution in [3.63, 3.8) is 0 Å². The van der Waals surface area contributed by atoms with E-state index in [1.807, 2.05) is 0 Å². The summed E-state index contributed by atoms with van der Waals surface area (Å²) >= 11 is 0. The van der Waals surface area contributed by atoms with Crippen LogP contribution >= 0.6 is 0 Å². The molecule has 1 heterocycles. The summed E-state index contributed by atoms with van der Waals surface area (Å²) in [5, 5.41) is 12.6. The van der Waals surface area contributed by atoms with Gasteiger partial charge in [0.2, 0.25) is 11.8 Å². The number of piperidine rings is 1. The molecule has 1 saturated carbocycles. The highest BCUT2D eigenvalue weighted by Gasteiger charge is 2.33. The number of rotatable bonds is 6. The number of amides is 2. The zero-order valence-electron chi connectivity index (χ0n) is 14.9. The lowest BCUT2D eigenvalue weighted by Crippen LogP contribution is -2.40. The lowest BCUT2D eigenvalue weighted by atomic mass is 10.0. The van der Waals surface area contributed by atoms with Gasteiger partial charge in [-0.2, -0.15) is 0 Å². The zero-order chi connectivity index (χ0) is 17.8. The summed E-state index contributed by atoms with van der Waals surface area (Å²) in [6.07, 6.45) is 3.74. The quantitative estimate of drug-likeness (QED) is 0.832. The molecule has 2 N–H and O–H groups in total. The van der Waals surface area contributed by atoms with Gasteiger partial charge in [0.15, 0.2) is 0 Å². The molecular weight excluding hydrogens is 316 g/mol. The number of aliphatic hydroxyl groups is 1. The van der Waals surface area contributed by atoms with Gasteiger partial charge in [0.1, 0.15) is 0 Å². The Morgan fingerprint density at radius 3 is 2.36 bits per heavy atom. The standard InChI is InChI=1S/C20H28N2O3/c1-14-2-4-15(5-3-14)20(16-6-7-16)21-18(24)8-9-19(25)22-12-10-17(23)11-13-22/h2-5,16-17,20,23H,6-13H2,1H3,(H,21,24). The number of hydrogen-bond donors (Lipinski definition) is 2. The molecule has 136 valence electrons. The van der Waals surface area contributed by atoms with Gasteiger partial charge in [-0.15, -0.1) is 0 Å². The summed E-state index contributed by atoms with van der Waals surface area (Å²) in [5.41, 5.74) is 2.36. The fraction of sp³-hybridized carbons (Fsp3) is 0.600. The van der Waals surface area contributed by atoms with Crippen LogP contribution in [0, 0.1) is 12.8 Å². The first-order valence-electron chi connectivity index (χ1n) is 9.34. The van der Waals surface area contributed by atoms with Crippen LogP contribution in [0.15, 0.2) is 24.3 Å². The van der Waals surface area contributed by atoms with E-state index in [4.69, 9.17) is 0 Å². The largest absolute Gasteiger partial charge is 0.393 e. The van der Waals surface area contributed by atoms with Crippen molar-refractivity contribution in [3.8, 4) is 0 Å². The number of aryl methyl sites for hydroxylation is 1. The van der Waals surface area contributed by atoms with Crippen LogP contribution in [0.2, 0.25) is 0 Å². The maximum Gasteiger partial charge on any atom is 0.223 e. The van der Waals surface area contributed by atoms with Crippen LogP contribution < -0.4 is 5.32 Å². The van der Waals surface area contributed by atoms with E-state index >= 15 is 0 Å². The fourth-order valence-corrected chi connectivity index (χ4v) is 3.42. The monoisotopic (exact) mass is 344 g/mol. The molecule has 2 fully saturated rings. The average molecular weight is 344 g/mol. The minimum atomic E-state index is -0.291. The van der Waals surface area contributed by atoms with Crippen LogP contribution in [0.3, 0.4) is 0 Å². The van der Waals surface area contributed by atoms with Crippen molar-refractivity contribution in [3.05, 3.63) is 35.4 Å². The Hall–Kier alpha value is -1.88. The molecule has 5 heteroatoms. The molecule has 1 aromatic rings. The molecule has 1 saturated heterocycles. The Morgan fingerprint density at radius 2 is 1.76 bits per heavy atom. The summed E-state index contributed by atoms with van der Waals surface area (Å²) in [4.78, 5) is 26.3. The predicted octanol–water partition coefficient (Wildman–Crippen LogP) is 2.33. The van der Waals surface area contributed by atoms with Crippen LogP contribution in [0.5, 0.6) is 0 Å². The lowest BCUT2D eigenvalue weighted by molar-refractivity contribution is -0.135. The van der Waals surface area contributed by atoms with Gasteiger partial charge < -0.3 is 15.3 Å². The second-order valence-electron chi connectivity index (χ2n) is 7.41. The molecular formula is C20H28N2O3. The van der Waals surface area contributed by atoms with E-state index in [9.17, 15) is 14.7 Å². The third kappa shape index (κ3) is 5.05. The molecule has 1 aliphatic carbocycles. The first-order chi connectivity index (χ1) is 12.0. The molecule has 3 rings (SSSR count). The zero-order valence-corrected chi connectivity index (χ0v) is 14.9. The molecule has 5 nitrogen and oxygen atoms in total. The highest BCUT2D eigenvalue weighted by atomic mass is 16.3. The molecule has 1 unspecified atom stereocenters. The number of benzene rings is 1. The van der Waals surface area contributed by atoms with E-state index in [2.05, 4.69) is 36.5 Å². The van der Waals surface area contributed by atoms with Crippen LogP contribution in [-0.4, -0.2) is 41.0 Å². The molecule has 1 aliphatic heterocycles. The van der Waals surface area contributed by atoms with Crippen LogP contribution in [0.1, 0.15) is 55.7 Å². The average Bonchev–Trinajstić information content (AvgIpc) is 3.44. The summed E-state index contributed by atoms with van der Waals surface area (Å²) < 4.78 is 0. The minimum absolute atomic E-state index is 0.0142. The number of carbonyl (C=O) groups is 2. The van der Waals surface area contributed by atoms with Crippen molar-refractivity contribution in [2.45, 2.75) is 57.6 Å². The third-order valence-corrected chi connectivity index (χ3v) is 5.23. The molecule has 1 atom stereocenters. The van der Waals surface area contributed by atoms with Crippen molar-refractivity contribution < 1.29 is 14.7 Å².